The maximum atomic E-state index is 6.04. The maximum absolute atomic E-state index is 6.04. The highest BCUT2D eigenvalue weighted by atomic mass is 35.5. The molecule has 0 aliphatic carbocycles. The van der Waals surface area contributed by atoms with E-state index in [0.29, 0.717) is 11.5 Å². The Labute approximate surface area is 121 Å². The highest BCUT2D eigenvalue weighted by Gasteiger charge is 2.20. The zero-order valence-electron chi connectivity index (χ0n) is 12.2. The van der Waals surface area contributed by atoms with E-state index in [-0.39, 0.29) is 0 Å². The van der Waals surface area contributed by atoms with Crippen molar-refractivity contribution in [2.45, 2.75) is 53.5 Å². The Morgan fingerprint density at radius 2 is 2.00 bits per heavy atom. The van der Waals surface area contributed by atoms with E-state index in [4.69, 9.17) is 11.6 Å². The number of hydrogen-bond donors (Lipinski definition) is 1. The summed E-state index contributed by atoms with van der Waals surface area (Å²) in [6, 6.07) is 4.61. The van der Waals surface area contributed by atoms with Gasteiger partial charge in [-0.15, -0.1) is 11.3 Å². The lowest BCUT2D eigenvalue weighted by Gasteiger charge is -2.26. The first-order valence-electron chi connectivity index (χ1n) is 6.80. The van der Waals surface area contributed by atoms with Crippen molar-refractivity contribution >= 4 is 22.9 Å². The Morgan fingerprint density at radius 1 is 1.33 bits per heavy atom. The number of halogens is 1. The van der Waals surface area contributed by atoms with Gasteiger partial charge >= 0.3 is 0 Å². The monoisotopic (exact) mass is 287 g/mol. The van der Waals surface area contributed by atoms with Crippen LogP contribution in [0.15, 0.2) is 12.1 Å². The van der Waals surface area contributed by atoms with Gasteiger partial charge in [-0.1, -0.05) is 46.2 Å². The van der Waals surface area contributed by atoms with Gasteiger partial charge < -0.3 is 5.32 Å². The van der Waals surface area contributed by atoms with E-state index in [1.54, 1.807) is 11.3 Å². The van der Waals surface area contributed by atoms with Crippen molar-refractivity contribution in [1.82, 2.24) is 5.32 Å². The van der Waals surface area contributed by atoms with E-state index < -0.39 is 0 Å². The molecule has 0 aliphatic rings. The fourth-order valence-corrected chi connectivity index (χ4v) is 3.74. The molecule has 0 saturated carbocycles. The van der Waals surface area contributed by atoms with Gasteiger partial charge in [0.1, 0.15) is 0 Å². The molecular formula is C15H26ClNS. The zero-order valence-corrected chi connectivity index (χ0v) is 13.8. The summed E-state index contributed by atoms with van der Waals surface area (Å²) in [6.07, 6.45) is 2.44. The lowest BCUT2D eigenvalue weighted by Crippen LogP contribution is -2.23. The molecule has 0 radical (unpaired) electrons. The van der Waals surface area contributed by atoms with E-state index in [9.17, 15) is 0 Å². The molecule has 1 nitrogen and oxygen atoms in total. The Balaban J connectivity index is 2.63. The molecule has 0 spiro atoms. The molecule has 1 rings (SSSR count). The van der Waals surface area contributed by atoms with Crippen LogP contribution in [0.2, 0.25) is 4.34 Å². The fourth-order valence-electron chi connectivity index (χ4n) is 2.59. The van der Waals surface area contributed by atoms with Gasteiger partial charge in [-0.3, -0.25) is 0 Å². The summed E-state index contributed by atoms with van der Waals surface area (Å²) in [5, 5.41) is 3.58. The molecule has 2 unspecified atom stereocenters. The van der Waals surface area contributed by atoms with Gasteiger partial charge in [-0.05, 0) is 42.9 Å². The van der Waals surface area contributed by atoms with Crippen LogP contribution in [-0.2, 0) is 0 Å². The third-order valence-electron chi connectivity index (χ3n) is 2.99. The normalized spacial score (nSPS) is 15.7. The molecule has 0 aromatic carbocycles. The lowest BCUT2D eigenvalue weighted by atomic mass is 9.83. The highest BCUT2D eigenvalue weighted by molar-refractivity contribution is 7.16. The molecule has 18 heavy (non-hydrogen) atoms. The molecule has 0 fully saturated rings. The quantitative estimate of drug-likeness (QED) is 0.727. The predicted octanol–water partition coefficient (Wildman–Crippen LogP) is 5.51. The predicted molar refractivity (Wildman–Crippen MR) is 83.6 cm³/mol. The Hall–Kier alpha value is -0.0500. The second-order valence-electron chi connectivity index (χ2n) is 6.36. The molecule has 0 aliphatic heterocycles. The first-order valence-corrected chi connectivity index (χ1v) is 8.00. The average Bonchev–Trinajstić information content (AvgIpc) is 2.61. The van der Waals surface area contributed by atoms with Crippen molar-refractivity contribution in [2.24, 2.45) is 11.3 Å². The largest absolute Gasteiger partial charge is 0.310 e. The Bertz CT molecular complexity index is 354. The minimum absolute atomic E-state index is 0.406. The van der Waals surface area contributed by atoms with Gasteiger partial charge in [-0.2, -0.15) is 0 Å². The third kappa shape index (κ3) is 5.73. The second-order valence-corrected chi connectivity index (χ2v) is 8.10. The highest BCUT2D eigenvalue weighted by Crippen LogP contribution is 2.34. The van der Waals surface area contributed by atoms with Gasteiger partial charge in [0, 0.05) is 10.9 Å². The summed E-state index contributed by atoms with van der Waals surface area (Å²) in [6.45, 7) is 12.5. The van der Waals surface area contributed by atoms with Crippen LogP contribution >= 0.6 is 22.9 Å². The standard InChI is InChI=1S/C15H26ClNS/c1-6-17-12(13-7-8-14(16)18-13)9-11(2)10-15(3,4)5/h7-8,11-12,17H,6,9-10H2,1-5H3. The SMILES string of the molecule is CCNC(CC(C)CC(C)(C)C)c1ccc(Cl)s1. The minimum Gasteiger partial charge on any atom is -0.310 e. The summed E-state index contributed by atoms with van der Waals surface area (Å²) in [5.74, 6) is 0.718. The Morgan fingerprint density at radius 3 is 2.44 bits per heavy atom. The van der Waals surface area contributed by atoms with Crippen LogP contribution in [0, 0.1) is 11.3 Å². The molecule has 1 aromatic rings. The van der Waals surface area contributed by atoms with Gasteiger partial charge in [0.25, 0.3) is 0 Å². The zero-order chi connectivity index (χ0) is 13.8. The van der Waals surface area contributed by atoms with Crippen LogP contribution in [0.25, 0.3) is 0 Å². The molecule has 2 atom stereocenters. The molecular weight excluding hydrogens is 262 g/mol. The molecule has 3 heteroatoms. The van der Waals surface area contributed by atoms with Crippen molar-refractivity contribution < 1.29 is 0 Å². The van der Waals surface area contributed by atoms with E-state index in [0.717, 1.165) is 16.8 Å². The maximum Gasteiger partial charge on any atom is 0.0931 e. The molecule has 1 aromatic heterocycles. The lowest BCUT2D eigenvalue weighted by molar-refractivity contribution is 0.277. The summed E-state index contributed by atoms with van der Waals surface area (Å²) >= 11 is 7.74. The van der Waals surface area contributed by atoms with Gasteiger partial charge in [0.2, 0.25) is 0 Å². The van der Waals surface area contributed by atoms with E-state index in [1.165, 1.54) is 17.7 Å². The molecule has 1 N–H and O–H groups in total. The van der Waals surface area contributed by atoms with Crippen LogP contribution in [-0.4, -0.2) is 6.54 Å². The first kappa shape index (κ1) is 16.0. The smallest absolute Gasteiger partial charge is 0.0931 e. The third-order valence-corrected chi connectivity index (χ3v) is 4.33. The van der Waals surface area contributed by atoms with Crippen LogP contribution < -0.4 is 5.32 Å². The number of thiophene rings is 1. The van der Waals surface area contributed by atoms with Gasteiger partial charge in [0.05, 0.1) is 4.34 Å². The number of hydrogen-bond acceptors (Lipinski definition) is 2. The summed E-state index contributed by atoms with van der Waals surface area (Å²) < 4.78 is 0.886. The van der Waals surface area contributed by atoms with Crippen molar-refractivity contribution in [1.29, 1.82) is 0 Å². The Kier molecular flexibility index (Phi) is 6.16. The minimum atomic E-state index is 0.406. The van der Waals surface area contributed by atoms with E-state index in [1.807, 2.05) is 6.07 Å². The molecule has 0 bridgehead atoms. The van der Waals surface area contributed by atoms with Crippen LogP contribution in [0.3, 0.4) is 0 Å². The fraction of sp³-hybridized carbons (Fsp3) is 0.733. The summed E-state index contributed by atoms with van der Waals surface area (Å²) in [4.78, 5) is 1.36. The van der Waals surface area contributed by atoms with E-state index in [2.05, 4.69) is 46.0 Å². The van der Waals surface area contributed by atoms with Crippen molar-refractivity contribution in [3.8, 4) is 0 Å². The van der Waals surface area contributed by atoms with E-state index >= 15 is 0 Å². The topological polar surface area (TPSA) is 12.0 Å². The second kappa shape index (κ2) is 6.93. The molecule has 104 valence electrons. The van der Waals surface area contributed by atoms with Crippen molar-refractivity contribution in [2.75, 3.05) is 6.54 Å². The van der Waals surface area contributed by atoms with Gasteiger partial charge in [-0.25, -0.2) is 0 Å². The number of rotatable bonds is 6. The van der Waals surface area contributed by atoms with Crippen LogP contribution in [0.1, 0.15) is 58.4 Å². The molecule has 1 heterocycles. The van der Waals surface area contributed by atoms with Crippen LogP contribution in [0.5, 0.6) is 0 Å². The average molecular weight is 288 g/mol. The molecule has 0 saturated heterocycles. The van der Waals surface area contributed by atoms with Crippen molar-refractivity contribution in [3.63, 3.8) is 0 Å². The van der Waals surface area contributed by atoms with Crippen molar-refractivity contribution in [3.05, 3.63) is 21.3 Å². The van der Waals surface area contributed by atoms with Gasteiger partial charge in [0.15, 0.2) is 0 Å². The van der Waals surface area contributed by atoms with Crippen LogP contribution in [0.4, 0.5) is 0 Å². The molecule has 0 amide bonds. The first-order chi connectivity index (χ1) is 8.31. The summed E-state index contributed by atoms with van der Waals surface area (Å²) in [7, 11) is 0. The summed E-state index contributed by atoms with van der Waals surface area (Å²) in [5.41, 5.74) is 0.406. The number of nitrogens with one attached hydrogen (secondary N) is 1.